The van der Waals surface area contributed by atoms with Gasteiger partial charge in [0.1, 0.15) is 10.8 Å². The third-order valence-electron chi connectivity index (χ3n) is 7.16. The molecule has 0 atom stereocenters. The Bertz CT molecular complexity index is 1620. The molecule has 2 heterocycles. The number of methoxy groups -OCH3 is 1. The molecule has 0 spiro atoms. The van der Waals surface area contributed by atoms with Crippen LogP contribution in [0.15, 0.2) is 59.8 Å². The molecule has 0 unspecified atom stereocenters. The van der Waals surface area contributed by atoms with Gasteiger partial charge in [-0.3, -0.25) is 14.2 Å². The molecule has 44 heavy (non-hydrogen) atoms. The van der Waals surface area contributed by atoms with Crippen molar-refractivity contribution in [2.24, 2.45) is 0 Å². The number of carbonyl (C=O) groups is 3. The lowest BCUT2D eigenvalue weighted by atomic mass is 10.1. The highest BCUT2D eigenvalue weighted by Gasteiger charge is 2.27. The fraction of sp³-hybridized carbons (Fsp3) is 0.344. The average molecular weight is 634 g/mol. The second kappa shape index (κ2) is 15.0. The zero-order valence-electron chi connectivity index (χ0n) is 24.8. The second-order valence-corrected chi connectivity index (χ2v) is 12.2. The topological polar surface area (TPSA) is 124 Å². The Balaban J connectivity index is 1.33. The number of nitrogens with zero attached hydrogens (tertiary/aromatic N) is 3. The number of anilines is 1. The number of para-hydroxylation sites is 2. The van der Waals surface area contributed by atoms with Gasteiger partial charge in [-0.1, -0.05) is 60.6 Å². The van der Waals surface area contributed by atoms with Crippen molar-refractivity contribution in [1.82, 2.24) is 20.1 Å². The number of aryl methyl sites for hydroxylation is 1. The zero-order valence-corrected chi connectivity index (χ0v) is 26.4. The van der Waals surface area contributed by atoms with Crippen molar-refractivity contribution in [2.45, 2.75) is 57.1 Å². The molecule has 1 aliphatic rings. The standard InChI is InChI=1S/C32H35N5O5S2/c1-3-42-31(40)29-22-14-8-5-9-17-25(22)44-30(29)34-28(39)20-43-32-36-35-26(37(32)23-15-10-11-16-24(23)41-2)19-33-27(38)18-21-12-6-4-7-13-21/h4,6-7,10-13,15-16H,3,5,8-9,14,17-20H2,1-2H3,(H,33,38)(H,34,39). The van der Waals surface area contributed by atoms with Gasteiger partial charge in [-0.05, 0) is 55.9 Å². The summed E-state index contributed by atoms with van der Waals surface area (Å²) in [5.41, 5.74) is 3.08. The summed E-state index contributed by atoms with van der Waals surface area (Å²) in [5, 5.41) is 15.6. The Morgan fingerprint density at radius 3 is 2.55 bits per heavy atom. The van der Waals surface area contributed by atoms with Crippen LogP contribution in [0.1, 0.15) is 58.4 Å². The summed E-state index contributed by atoms with van der Waals surface area (Å²) in [5.74, 6) is 0.290. The van der Waals surface area contributed by atoms with Gasteiger partial charge < -0.3 is 20.1 Å². The number of fused-ring (bicyclic) bond motifs is 1. The van der Waals surface area contributed by atoms with Crippen molar-refractivity contribution in [3.8, 4) is 11.4 Å². The molecule has 230 valence electrons. The number of nitrogens with one attached hydrogen (secondary N) is 2. The normalized spacial score (nSPS) is 12.6. The highest BCUT2D eigenvalue weighted by molar-refractivity contribution is 7.99. The number of ether oxygens (including phenoxy) is 2. The molecule has 0 bridgehead atoms. The van der Waals surface area contributed by atoms with E-state index in [-0.39, 0.29) is 37.1 Å². The zero-order chi connectivity index (χ0) is 30.9. The summed E-state index contributed by atoms with van der Waals surface area (Å²) >= 11 is 2.67. The number of carbonyl (C=O) groups excluding carboxylic acids is 3. The maximum absolute atomic E-state index is 13.2. The number of aromatic nitrogens is 3. The molecule has 2 amide bonds. The van der Waals surface area contributed by atoms with Crippen LogP contribution in [0.25, 0.3) is 5.69 Å². The highest BCUT2D eigenvalue weighted by atomic mass is 32.2. The first kappa shape index (κ1) is 31.3. The third kappa shape index (κ3) is 7.48. The first-order valence-corrected chi connectivity index (χ1v) is 16.4. The van der Waals surface area contributed by atoms with Crippen LogP contribution in [0.5, 0.6) is 5.75 Å². The molecular weight excluding hydrogens is 599 g/mol. The largest absolute Gasteiger partial charge is 0.495 e. The number of hydrogen-bond acceptors (Lipinski definition) is 9. The van der Waals surface area contributed by atoms with E-state index in [1.165, 1.54) is 23.1 Å². The van der Waals surface area contributed by atoms with Crippen LogP contribution >= 0.6 is 23.1 Å². The van der Waals surface area contributed by atoms with Crippen LogP contribution in [0.2, 0.25) is 0 Å². The number of rotatable bonds is 12. The molecule has 2 aromatic heterocycles. The maximum atomic E-state index is 13.2. The molecule has 0 aliphatic heterocycles. The van der Waals surface area contributed by atoms with Crippen molar-refractivity contribution in [3.05, 3.63) is 82.0 Å². The van der Waals surface area contributed by atoms with Gasteiger partial charge in [-0.2, -0.15) is 0 Å². The predicted molar refractivity (Wildman–Crippen MR) is 171 cm³/mol. The van der Waals surface area contributed by atoms with Crippen molar-refractivity contribution in [3.63, 3.8) is 0 Å². The van der Waals surface area contributed by atoms with E-state index in [0.29, 0.717) is 33.0 Å². The minimum absolute atomic E-state index is 0.0263. The van der Waals surface area contributed by atoms with E-state index in [1.807, 2.05) is 54.6 Å². The van der Waals surface area contributed by atoms with Crippen LogP contribution in [0, 0.1) is 0 Å². The number of amides is 2. The minimum atomic E-state index is -0.398. The van der Waals surface area contributed by atoms with Gasteiger partial charge in [0.2, 0.25) is 11.8 Å². The van der Waals surface area contributed by atoms with E-state index in [0.717, 1.165) is 48.1 Å². The summed E-state index contributed by atoms with van der Waals surface area (Å²) in [4.78, 5) is 40.0. The second-order valence-electron chi connectivity index (χ2n) is 10.2. The molecule has 0 saturated carbocycles. The summed E-state index contributed by atoms with van der Waals surface area (Å²) in [7, 11) is 1.58. The van der Waals surface area contributed by atoms with Crippen molar-refractivity contribution in [1.29, 1.82) is 0 Å². The van der Waals surface area contributed by atoms with E-state index in [4.69, 9.17) is 9.47 Å². The van der Waals surface area contributed by atoms with Crippen LogP contribution in [0.4, 0.5) is 5.00 Å². The fourth-order valence-corrected chi connectivity index (χ4v) is 7.19. The molecular formula is C32H35N5O5S2. The van der Waals surface area contributed by atoms with Gasteiger partial charge in [0.05, 0.1) is 43.7 Å². The number of benzene rings is 2. The predicted octanol–water partition coefficient (Wildman–Crippen LogP) is 5.37. The van der Waals surface area contributed by atoms with E-state index in [2.05, 4.69) is 20.8 Å². The first-order valence-electron chi connectivity index (χ1n) is 14.6. The third-order valence-corrected chi connectivity index (χ3v) is 9.30. The van der Waals surface area contributed by atoms with Gasteiger partial charge in [0.15, 0.2) is 11.0 Å². The van der Waals surface area contributed by atoms with E-state index in [1.54, 1.807) is 18.6 Å². The molecule has 1 aliphatic carbocycles. The Morgan fingerprint density at radius 1 is 0.977 bits per heavy atom. The van der Waals surface area contributed by atoms with Crippen LogP contribution in [-0.2, 0) is 40.1 Å². The Hall–Kier alpha value is -4.16. The molecule has 0 radical (unpaired) electrons. The molecule has 12 heteroatoms. The summed E-state index contributed by atoms with van der Waals surface area (Å²) < 4.78 is 12.7. The number of esters is 1. The smallest absolute Gasteiger partial charge is 0.341 e. The molecule has 0 saturated heterocycles. The molecule has 10 nitrogen and oxygen atoms in total. The van der Waals surface area contributed by atoms with Gasteiger partial charge in [0, 0.05) is 4.88 Å². The lowest BCUT2D eigenvalue weighted by molar-refractivity contribution is -0.120. The summed E-state index contributed by atoms with van der Waals surface area (Å²) in [6.45, 7) is 2.17. The van der Waals surface area contributed by atoms with Crippen LogP contribution in [-0.4, -0.2) is 52.0 Å². The fourth-order valence-electron chi connectivity index (χ4n) is 5.13. The average Bonchev–Trinajstić information content (AvgIpc) is 3.51. The Morgan fingerprint density at radius 2 is 1.75 bits per heavy atom. The van der Waals surface area contributed by atoms with Gasteiger partial charge >= 0.3 is 5.97 Å². The van der Waals surface area contributed by atoms with Gasteiger partial charge in [-0.25, -0.2) is 4.79 Å². The summed E-state index contributed by atoms with van der Waals surface area (Å²) in [6.07, 6.45) is 5.12. The molecule has 0 fully saturated rings. The van der Waals surface area contributed by atoms with Gasteiger partial charge in [-0.15, -0.1) is 21.5 Å². The maximum Gasteiger partial charge on any atom is 0.341 e. The molecule has 2 aromatic carbocycles. The monoisotopic (exact) mass is 633 g/mol. The van der Waals surface area contributed by atoms with Crippen molar-refractivity contribution in [2.75, 3.05) is 24.8 Å². The van der Waals surface area contributed by atoms with Gasteiger partial charge in [0.25, 0.3) is 0 Å². The molecule has 4 aromatic rings. The van der Waals surface area contributed by atoms with E-state index in [9.17, 15) is 14.4 Å². The first-order chi connectivity index (χ1) is 21.5. The number of thioether (sulfide) groups is 1. The van der Waals surface area contributed by atoms with E-state index < -0.39 is 5.97 Å². The van der Waals surface area contributed by atoms with Crippen molar-refractivity contribution >= 4 is 45.9 Å². The Kier molecular flexibility index (Phi) is 10.7. The molecule has 2 N–H and O–H groups in total. The quantitative estimate of drug-likeness (QED) is 0.121. The summed E-state index contributed by atoms with van der Waals surface area (Å²) in [6, 6.07) is 16.9. The number of hydrogen-bond donors (Lipinski definition) is 2. The lowest BCUT2D eigenvalue weighted by Gasteiger charge is -2.14. The Labute approximate surface area is 264 Å². The lowest BCUT2D eigenvalue weighted by Crippen LogP contribution is -2.26. The van der Waals surface area contributed by atoms with Crippen LogP contribution in [0.3, 0.4) is 0 Å². The number of thiophene rings is 1. The molecule has 5 rings (SSSR count). The highest BCUT2D eigenvalue weighted by Crippen LogP contribution is 2.38. The van der Waals surface area contributed by atoms with E-state index >= 15 is 0 Å². The van der Waals surface area contributed by atoms with Crippen LogP contribution < -0.4 is 15.4 Å². The minimum Gasteiger partial charge on any atom is -0.495 e. The van der Waals surface area contributed by atoms with Crippen molar-refractivity contribution < 1.29 is 23.9 Å². The SMILES string of the molecule is CCOC(=O)c1c(NC(=O)CSc2nnc(CNC(=O)Cc3ccccc3)n2-c2ccccc2OC)sc2c1CCCCC2.